The monoisotopic (exact) mass is 256 g/mol. The molecule has 2 unspecified atom stereocenters. The Hall–Kier alpha value is -1.51. The second-order valence-corrected chi connectivity index (χ2v) is 4.25. The lowest BCUT2D eigenvalue weighted by Gasteiger charge is -2.18. The predicted molar refractivity (Wildman–Crippen MR) is 59.4 cm³/mol. The van der Waals surface area contributed by atoms with E-state index in [4.69, 9.17) is 9.84 Å². The third-order valence-corrected chi connectivity index (χ3v) is 3.16. The van der Waals surface area contributed by atoms with Crippen LogP contribution in [0, 0.1) is 0 Å². The number of rotatable bonds is 2. The number of alkyl halides is 1. The molecule has 2 aliphatic rings. The highest BCUT2D eigenvalue weighted by atomic mass is 19.1. The molecule has 0 aliphatic carbocycles. The number of aromatic nitrogens is 2. The van der Waals surface area contributed by atoms with Crippen LogP contribution in [-0.2, 0) is 11.3 Å². The third-order valence-electron chi connectivity index (χ3n) is 3.16. The Labute approximate surface area is 102 Å². The van der Waals surface area contributed by atoms with Gasteiger partial charge < -0.3 is 14.9 Å². The van der Waals surface area contributed by atoms with Crippen molar-refractivity contribution in [3.05, 3.63) is 17.7 Å². The molecule has 3 rings (SSSR count). The molecule has 1 aromatic heterocycles. The van der Waals surface area contributed by atoms with Crippen LogP contribution in [0.3, 0.4) is 0 Å². The average Bonchev–Trinajstić information content (AvgIpc) is 2.93. The van der Waals surface area contributed by atoms with E-state index in [9.17, 15) is 9.50 Å². The van der Waals surface area contributed by atoms with Gasteiger partial charge in [-0.15, -0.1) is 0 Å². The Bertz CT molecular complexity index is 478. The Kier molecular flexibility index (Phi) is 2.77. The Morgan fingerprint density at radius 3 is 3.17 bits per heavy atom. The summed E-state index contributed by atoms with van der Waals surface area (Å²) in [6.07, 6.45) is -1.81. The van der Waals surface area contributed by atoms with Crippen LogP contribution in [0.5, 0.6) is 0 Å². The maximum Gasteiger partial charge on any atom is 0.160 e. The standard InChI is InChI=1S/C10H13FN4O3/c11-8-9(17)6(3-16)18-10(8)5-1-13-7-2-12-4-14-15(5)7/h1,4,6,8-10,16-17H,2-3H2,(H,12,14)/t6?,8-,9-,10?/m1/s1. The van der Waals surface area contributed by atoms with Gasteiger partial charge in [0.2, 0.25) is 0 Å². The van der Waals surface area contributed by atoms with Crippen LogP contribution in [0.4, 0.5) is 4.39 Å². The molecule has 4 atom stereocenters. The first-order valence-electron chi connectivity index (χ1n) is 5.62. The Balaban J connectivity index is 1.90. The maximum absolute atomic E-state index is 14.0. The molecular formula is C10H13FN4O3. The fraction of sp³-hybridized carbons (Fsp3) is 0.600. The lowest BCUT2D eigenvalue weighted by atomic mass is 10.1. The van der Waals surface area contributed by atoms with Crippen LogP contribution in [0.1, 0.15) is 17.6 Å². The minimum absolute atomic E-state index is 0.405. The number of halogens is 1. The molecule has 0 bridgehead atoms. The largest absolute Gasteiger partial charge is 0.394 e. The van der Waals surface area contributed by atoms with Gasteiger partial charge in [-0.25, -0.2) is 14.1 Å². The van der Waals surface area contributed by atoms with E-state index >= 15 is 0 Å². The zero-order valence-electron chi connectivity index (χ0n) is 9.40. The van der Waals surface area contributed by atoms with Crippen molar-refractivity contribution in [1.82, 2.24) is 9.66 Å². The van der Waals surface area contributed by atoms with Gasteiger partial charge in [0.05, 0.1) is 18.5 Å². The van der Waals surface area contributed by atoms with Crippen molar-refractivity contribution in [3.8, 4) is 0 Å². The van der Waals surface area contributed by atoms with E-state index in [-0.39, 0.29) is 0 Å². The number of nitrogens with zero attached hydrogens (tertiary/aromatic N) is 3. The van der Waals surface area contributed by atoms with Gasteiger partial charge in [0.15, 0.2) is 6.17 Å². The Morgan fingerprint density at radius 2 is 2.44 bits per heavy atom. The molecule has 1 fully saturated rings. The number of aliphatic hydroxyl groups is 2. The van der Waals surface area contributed by atoms with E-state index in [1.165, 1.54) is 12.5 Å². The Morgan fingerprint density at radius 1 is 1.61 bits per heavy atom. The van der Waals surface area contributed by atoms with Gasteiger partial charge >= 0.3 is 0 Å². The zero-order chi connectivity index (χ0) is 12.7. The highest BCUT2D eigenvalue weighted by Gasteiger charge is 2.46. The first-order chi connectivity index (χ1) is 8.72. The summed E-state index contributed by atoms with van der Waals surface area (Å²) in [5.41, 5.74) is 3.30. The average molecular weight is 256 g/mol. The van der Waals surface area contributed by atoms with Gasteiger partial charge in [0.1, 0.15) is 37.0 Å². The second-order valence-electron chi connectivity index (χ2n) is 4.25. The summed E-state index contributed by atoms with van der Waals surface area (Å²) in [7, 11) is 0. The molecule has 3 heterocycles. The summed E-state index contributed by atoms with van der Waals surface area (Å²) in [5, 5.41) is 18.6. The van der Waals surface area contributed by atoms with Crippen LogP contribution >= 0.6 is 0 Å². The van der Waals surface area contributed by atoms with Gasteiger partial charge in [-0.3, -0.25) is 10.4 Å². The van der Waals surface area contributed by atoms with Crippen LogP contribution in [-0.4, -0.2) is 51.2 Å². The van der Waals surface area contributed by atoms with Crippen molar-refractivity contribution >= 4 is 6.34 Å². The smallest absolute Gasteiger partial charge is 0.160 e. The number of hydrogen-bond donors (Lipinski definition) is 3. The molecule has 7 nitrogen and oxygen atoms in total. The lowest BCUT2D eigenvalue weighted by molar-refractivity contribution is -0.0242. The molecule has 3 N–H and O–H groups in total. The number of aliphatic imine (C=N–C) groups is 1. The number of fused-ring (bicyclic) bond motifs is 1. The van der Waals surface area contributed by atoms with Crippen LogP contribution < -0.4 is 5.43 Å². The second kappa shape index (κ2) is 4.30. The minimum Gasteiger partial charge on any atom is -0.394 e. The fourth-order valence-corrected chi connectivity index (χ4v) is 2.20. The molecule has 98 valence electrons. The van der Waals surface area contributed by atoms with E-state index in [1.54, 1.807) is 4.68 Å². The van der Waals surface area contributed by atoms with Gasteiger partial charge in [-0.05, 0) is 0 Å². The first kappa shape index (κ1) is 11.6. The van der Waals surface area contributed by atoms with Gasteiger partial charge in [-0.1, -0.05) is 0 Å². The number of ether oxygens (including phenoxy) is 1. The van der Waals surface area contributed by atoms with Crippen molar-refractivity contribution in [2.24, 2.45) is 4.99 Å². The van der Waals surface area contributed by atoms with E-state index < -0.39 is 31.1 Å². The molecule has 8 heteroatoms. The molecule has 1 aromatic rings. The molecule has 18 heavy (non-hydrogen) atoms. The van der Waals surface area contributed by atoms with E-state index in [0.29, 0.717) is 18.1 Å². The van der Waals surface area contributed by atoms with Crippen molar-refractivity contribution in [2.45, 2.75) is 31.0 Å². The summed E-state index contributed by atoms with van der Waals surface area (Å²) in [4.78, 5) is 8.09. The number of aliphatic hydroxyl groups excluding tert-OH is 2. The SMILES string of the molecule is OCC1OC(c2cnc3n2NC=NC3)[C@H](F)[C@@H]1O. The molecule has 0 aromatic carbocycles. The molecule has 0 saturated carbocycles. The fourth-order valence-electron chi connectivity index (χ4n) is 2.20. The van der Waals surface area contributed by atoms with Crippen molar-refractivity contribution in [3.63, 3.8) is 0 Å². The quantitative estimate of drug-likeness (QED) is 0.638. The summed E-state index contributed by atoms with van der Waals surface area (Å²) >= 11 is 0. The number of imidazole rings is 1. The van der Waals surface area contributed by atoms with E-state index in [2.05, 4.69) is 15.4 Å². The van der Waals surface area contributed by atoms with Crippen molar-refractivity contribution < 1.29 is 19.3 Å². The zero-order valence-corrected chi connectivity index (χ0v) is 9.40. The summed E-state index contributed by atoms with van der Waals surface area (Å²) in [5.74, 6) is 0.644. The third kappa shape index (κ3) is 1.61. The van der Waals surface area contributed by atoms with Gasteiger partial charge in [0, 0.05) is 0 Å². The van der Waals surface area contributed by atoms with Crippen LogP contribution in [0.2, 0.25) is 0 Å². The van der Waals surface area contributed by atoms with E-state index in [0.717, 1.165) is 0 Å². The molecule has 1 saturated heterocycles. The van der Waals surface area contributed by atoms with Crippen LogP contribution in [0.15, 0.2) is 11.2 Å². The number of nitrogens with one attached hydrogen (secondary N) is 1. The predicted octanol–water partition coefficient (Wildman–Crippen LogP) is -0.900. The highest BCUT2D eigenvalue weighted by molar-refractivity contribution is 5.65. The lowest BCUT2D eigenvalue weighted by Crippen LogP contribution is -2.30. The molecular weight excluding hydrogens is 243 g/mol. The van der Waals surface area contributed by atoms with Crippen LogP contribution in [0.25, 0.3) is 0 Å². The molecule has 0 spiro atoms. The van der Waals surface area contributed by atoms with Crippen molar-refractivity contribution in [2.75, 3.05) is 12.0 Å². The molecule has 0 radical (unpaired) electrons. The normalized spacial score (nSPS) is 34.4. The molecule has 2 aliphatic heterocycles. The minimum atomic E-state index is -1.59. The summed E-state index contributed by atoms with van der Waals surface area (Å²) in [6, 6.07) is 0. The van der Waals surface area contributed by atoms with Crippen molar-refractivity contribution in [1.29, 1.82) is 0 Å². The summed E-state index contributed by atoms with van der Waals surface area (Å²) in [6.45, 7) is -0.0172. The van der Waals surface area contributed by atoms with Gasteiger partial charge in [-0.2, -0.15) is 0 Å². The summed E-state index contributed by atoms with van der Waals surface area (Å²) < 4.78 is 20.9. The van der Waals surface area contributed by atoms with Gasteiger partial charge in [0.25, 0.3) is 0 Å². The number of hydrogen-bond acceptors (Lipinski definition) is 6. The topological polar surface area (TPSA) is 91.9 Å². The molecule has 0 amide bonds. The maximum atomic E-state index is 14.0. The first-order valence-corrected chi connectivity index (χ1v) is 5.62. The van der Waals surface area contributed by atoms with E-state index in [1.807, 2.05) is 0 Å². The highest BCUT2D eigenvalue weighted by Crippen LogP contribution is 2.35.